The monoisotopic (exact) mass is 245 g/mol. The van der Waals surface area contributed by atoms with Crippen LogP contribution in [0.15, 0.2) is 21.6 Å². The minimum absolute atomic E-state index is 0.105. The van der Waals surface area contributed by atoms with Gasteiger partial charge in [0.05, 0.1) is 0 Å². The van der Waals surface area contributed by atoms with Gasteiger partial charge in [-0.1, -0.05) is 17.3 Å². The van der Waals surface area contributed by atoms with E-state index in [-0.39, 0.29) is 17.2 Å². The smallest absolute Gasteiger partial charge is 0.246 e. The van der Waals surface area contributed by atoms with E-state index in [1.165, 1.54) is 0 Å². The molecule has 1 aromatic heterocycles. The third kappa shape index (κ3) is 2.91. The number of hydrogen-bond donors (Lipinski definition) is 2. The minimum atomic E-state index is -3.56. The third-order valence-corrected chi connectivity index (χ3v) is 3.60. The molecule has 6 nitrogen and oxygen atoms in total. The number of aromatic nitrogens is 1. The molecule has 1 heterocycles. The Balaban J connectivity index is 2.83. The molecule has 1 aromatic rings. The van der Waals surface area contributed by atoms with Crippen LogP contribution in [-0.2, 0) is 10.0 Å². The van der Waals surface area contributed by atoms with Crippen LogP contribution in [0.2, 0.25) is 0 Å². The van der Waals surface area contributed by atoms with Gasteiger partial charge in [-0.05, 0) is 13.8 Å². The first-order valence-electron chi connectivity index (χ1n) is 4.76. The molecular formula is C9H15N3O3S. The van der Waals surface area contributed by atoms with Crippen molar-refractivity contribution in [3.63, 3.8) is 0 Å². The fourth-order valence-electron chi connectivity index (χ4n) is 1.27. The van der Waals surface area contributed by atoms with Crippen molar-refractivity contribution in [2.24, 2.45) is 5.73 Å². The Morgan fingerprint density at radius 3 is 2.62 bits per heavy atom. The number of rotatable bonds is 5. The standard InChI is InChI=1S/C9H15N3O3S/c1-7-9(8(2)15-12-7)16(13,14)11-6-4-3-5-10/h3-4,11H,5-6,10H2,1-2H3/b4-3+. The summed E-state index contributed by atoms with van der Waals surface area (Å²) in [5, 5.41) is 3.59. The molecule has 0 aromatic carbocycles. The SMILES string of the molecule is Cc1noc(C)c1S(=O)(=O)NC/C=C/CN. The Morgan fingerprint density at radius 1 is 1.44 bits per heavy atom. The Labute approximate surface area is 94.5 Å². The van der Waals surface area contributed by atoms with Gasteiger partial charge >= 0.3 is 0 Å². The van der Waals surface area contributed by atoms with Gasteiger partial charge < -0.3 is 10.3 Å². The van der Waals surface area contributed by atoms with Crippen LogP contribution >= 0.6 is 0 Å². The Kier molecular flexibility index (Phi) is 4.22. The van der Waals surface area contributed by atoms with Crippen molar-refractivity contribution >= 4 is 10.0 Å². The fourth-order valence-corrected chi connectivity index (χ4v) is 2.57. The molecule has 7 heteroatoms. The second-order valence-corrected chi connectivity index (χ2v) is 4.92. The van der Waals surface area contributed by atoms with Gasteiger partial charge in [0.25, 0.3) is 0 Å². The minimum Gasteiger partial charge on any atom is -0.360 e. The van der Waals surface area contributed by atoms with E-state index < -0.39 is 10.0 Å². The molecule has 3 N–H and O–H groups in total. The van der Waals surface area contributed by atoms with E-state index in [1.807, 2.05) is 0 Å². The summed E-state index contributed by atoms with van der Waals surface area (Å²) >= 11 is 0. The van der Waals surface area contributed by atoms with Crippen molar-refractivity contribution in [2.75, 3.05) is 13.1 Å². The zero-order valence-electron chi connectivity index (χ0n) is 9.23. The molecule has 0 saturated heterocycles. The summed E-state index contributed by atoms with van der Waals surface area (Å²) in [6.07, 6.45) is 3.32. The lowest BCUT2D eigenvalue weighted by Gasteiger charge is -2.02. The first-order valence-corrected chi connectivity index (χ1v) is 6.25. The van der Waals surface area contributed by atoms with Crippen LogP contribution in [0.3, 0.4) is 0 Å². The predicted molar refractivity (Wildman–Crippen MR) is 59.4 cm³/mol. The number of nitrogens with zero attached hydrogens (tertiary/aromatic N) is 1. The normalized spacial score (nSPS) is 12.4. The van der Waals surface area contributed by atoms with Gasteiger partial charge in [-0.25, -0.2) is 13.1 Å². The van der Waals surface area contributed by atoms with Crippen molar-refractivity contribution in [1.29, 1.82) is 0 Å². The van der Waals surface area contributed by atoms with Crippen molar-refractivity contribution in [3.8, 4) is 0 Å². The van der Waals surface area contributed by atoms with Crippen molar-refractivity contribution in [1.82, 2.24) is 9.88 Å². The second-order valence-electron chi connectivity index (χ2n) is 3.21. The average molecular weight is 245 g/mol. The number of aryl methyl sites for hydroxylation is 2. The van der Waals surface area contributed by atoms with Crippen molar-refractivity contribution < 1.29 is 12.9 Å². The average Bonchev–Trinajstić information content (AvgIpc) is 2.54. The van der Waals surface area contributed by atoms with Crippen LogP contribution < -0.4 is 10.5 Å². The molecule has 90 valence electrons. The van der Waals surface area contributed by atoms with E-state index in [1.54, 1.807) is 26.0 Å². The molecule has 0 amide bonds. The van der Waals surface area contributed by atoms with E-state index in [2.05, 4.69) is 9.88 Å². The molecule has 0 radical (unpaired) electrons. The molecule has 0 bridgehead atoms. The first-order chi connectivity index (χ1) is 7.49. The maximum Gasteiger partial charge on any atom is 0.246 e. The molecule has 16 heavy (non-hydrogen) atoms. The van der Waals surface area contributed by atoms with Gasteiger partial charge in [0.2, 0.25) is 10.0 Å². The molecule has 0 atom stereocenters. The molecule has 0 spiro atoms. The van der Waals surface area contributed by atoms with Crippen LogP contribution in [-0.4, -0.2) is 26.7 Å². The van der Waals surface area contributed by atoms with E-state index in [0.29, 0.717) is 12.2 Å². The fraction of sp³-hybridized carbons (Fsp3) is 0.444. The van der Waals surface area contributed by atoms with E-state index in [9.17, 15) is 8.42 Å². The predicted octanol–water partition coefficient (Wildman–Crippen LogP) is 0.0846. The van der Waals surface area contributed by atoms with Crippen LogP contribution in [0, 0.1) is 13.8 Å². The number of sulfonamides is 1. The summed E-state index contributed by atoms with van der Waals surface area (Å²) in [5.41, 5.74) is 5.59. The van der Waals surface area contributed by atoms with Crippen LogP contribution in [0.4, 0.5) is 0 Å². The summed E-state index contributed by atoms with van der Waals surface area (Å²) in [6.45, 7) is 3.72. The summed E-state index contributed by atoms with van der Waals surface area (Å²) in [5.74, 6) is 0.285. The first kappa shape index (κ1) is 12.9. The highest BCUT2D eigenvalue weighted by atomic mass is 32.2. The largest absolute Gasteiger partial charge is 0.360 e. The highest BCUT2D eigenvalue weighted by Crippen LogP contribution is 2.18. The number of hydrogen-bond acceptors (Lipinski definition) is 5. The zero-order chi connectivity index (χ0) is 12.2. The van der Waals surface area contributed by atoms with Crippen LogP contribution in [0.25, 0.3) is 0 Å². The molecule has 0 aliphatic carbocycles. The highest BCUT2D eigenvalue weighted by molar-refractivity contribution is 7.89. The van der Waals surface area contributed by atoms with E-state index >= 15 is 0 Å². The highest BCUT2D eigenvalue weighted by Gasteiger charge is 2.22. The van der Waals surface area contributed by atoms with Crippen LogP contribution in [0.5, 0.6) is 0 Å². The summed E-state index contributed by atoms with van der Waals surface area (Å²) < 4.78 is 30.9. The molecule has 1 rings (SSSR count). The van der Waals surface area contributed by atoms with Gasteiger partial charge in [0.15, 0.2) is 5.76 Å². The van der Waals surface area contributed by atoms with Gasteiger partial charge in [-0.3, -0.25) is 0 Å². The molecule has 0 unspecified atom stereocenters. The number of nitrogens with two attached hydrogens (primary N) is 1. The van der Waals surface area contributed by atoms with Gasteiger partial charge in [0.1, 0.15) is 10.6 Å². The van der Waals surface area contributed by atoms with Crippen molar-refractivity contribution in [3.05, 3.63) is 23.6 Å². The van der Waals surface area contributed by atoms with Gasteiger partial charge in [-0.2, -0.15) is 0 Å². The molecule has 0 fully saturated rings. The molecular weight excluding hydrogens is 230 g/mol. The van der Waals surface area contributed by atoms with E-state index in [0.717, 1.165) is 0 Å². The quantitative estimate of drug-likeness (QED) is 0.716. The third-order valence-electron chi connectivity index (χ3n) is 1.93. The Hall–Kier alpha value is -1.18. The van der Waals surface area contributed by atoms with Crippen LogP contribution in [0.1, 0.15) is 11.5 Å². The topological polar surface area (TPSA) is 98.2 Å². The van der Waals surface area contributed by atoms with Gasteiger partial charge in [-0.15, -0.1) is 0 Å². The summed E-state index contributed by atoms with van der Waals surface area (Å²) in [6, 6.07) is 0. The lowest BCUT2D eigenvalue weighted by Crippen LogP contribution is -2.24. The molecule has 0 aliphatic rings. The lowest BCUT2D eigenvalue weighted by molar-refractivity contribution is 0.390. The van der Waals surface area contributed by atoms with E-state index in [4.69, 9.17) is 10.3 Å². The Bertz CT molecular complexity index is 457. The summed E-state index contributed by atoms with van der Waals surface area (Å²) in [4.78, 5) is 0.105. The second kappa shape index (κ2) is 5.24. The van der Waals surface area contributed by atoms with Crippen molar-refractivity contribution in [2.45, 2.75) is 18.7 Å². The Morgan fingerprint density at radius 2 is 2.12 bits per heavy atom. The molecule has 0 saturated carbocycles. The maximum absolute atomic E-state index is 11.8. The lowest BCUT2D eigenvalue weighted by atomic mass is 10.4. The molecule has 0 aliphatic heterocycles. The summed E-state index contributed by atoms with van der Waals surface area (Å²) in [7, 11) is -3.56. The maximum atomic E-state index is 11.8. The van der Waals surface area contributed by atoms with Gasteiger partial charge in [0, 0.05) is 13.1 Å². The number of nitrogens with one attached hydrogen (secondary N) is 1. The zero-order valence-corrected chi connectivity index (χ0v) is 10.0.